The van der Waals surface area contributed by atoms with Crippen molar-refractivity contribution in [2.45, 2.75) is 6.92 Å². The molecule has 0 amide bonds. The quantitative estimate of drug-likeness (QED) is 0.629. The Morgan fingerprint density at radius 1 is 1.40 bits per heavy atom. The van der Waals surface area contributed by atoms with E-state index in [4.69, 9.17) is 9.93 Å². The van der Waals surface area contributed by atoms with Crippen LogP contribution in [0.4, 0.5) is 0 Å². The van der Waals surface area contributed by atoms with Crippen LogP contribution in [0, 0.1) is 12.3 Å². The first-order valence-corrected chi connectivity index (χ1v) is 5.65. The van der Waals surface area contributed by atoms with E-state index in [9.17, 15) is 4.57 Å². The van der Waals surface area contributed by atoms with Gasteiger partial charge in [0.2, 0.25) is 5.30 Å². The molecule has 0 heterocycles. The van der Waals surface area contributed by atoms with Gasteiger partial charge in [-0.3, -0.25) is 0 Å². The number of hydrogen-bond acceptors (Lipinski definition) is 3. The molecule has 1 aromatic carbocycles. The van der Waals surface area contributed by atoms with Crippen molar-refractivity contribution in [3.05, 3.63) is 35.4 Å². The standard InChI is InChI=1S/C11H13NO2P/c1-9-6-10(4-3-5-12)8-11(7-9)15(13)14-2/h3-8,12H,1-2H3/q+1/b4-3+,12-5?. The summed E-state index contributed by atoms with van der Waals surface area (Å²) in [5.41, 5.74) is 1.95. The lowest BCUT2D eigenvalue weighted by Gasteiger charge is -1.95. The minimum atomic E-state index is -1.76. The van der Waals surface area contributed by atoms with Gasteiger partial charge in [-0.05, 0) is 34.8 Å². The van der Waals surface area contributed by atoms with Gasteiger partial charge in [-0.15, -0.1) is 4.52 Å². The van der Waals surface area contributed by atoms with E-state index < -0.39 is 8.03 Å². The number of aryl methyl sites for hydroxylation is 1. The summed E-state index contributed by atoms with van der Waals surface area (Å²) in [6, 6.07) is 5.60. The average molecular weight is 222 g/mol. The van der Waals surface area contributed by atoms with Crippen molar-refractivity contribution < 1.29 is 9.09 Å². The van der Waals surface area contributed by atoms with Crippen molar-refractivity contribution >= 4 is 25.6 Å². The SMILES string of the molecule is CO[P+](=O)c1cc(C)cc(/C=C/C=N)c1. The van der Waals surface area contributed by atoms with E-state index in [-0.39, 0.29) is 0 Å². The molecule has 1 aromatic rings. The van der Waals surface area contributed by atoms with Gasteiger partial charge in [0.25, 0.3) is 0 Å². The van der Waals surface area contributed by atoms with Crippen molar-refractivity contribution in [1.29, 1.82) is 5.41 Å². The molecule has 4 heteroatoms. The summed E-state index contributed by atoms with van der Waals surface area (Å²) in [4.78, 5) is 0. The van der Waals surface area contributed by atoms with Crippen LogP contribution in [0.2, 0.25) is 0 Å². The average Bonchev–Trinajstić information content (AvgIpc) is 2.24. The zero-order valence-electron chi connectivity index (χ0n) is 8.73. The van der Waals surface area contributed by atoms with Gasteiger partial charge in [-0.2, -0.15) is 0 Å². The van der Waals surface area contributed by atoms with E-state index in [2.05, 4.69) is 0 Å². The maximum absolute atomic E-state index is 11.4. The summed E-state index contributed by atoms with van der Waals surface area (Å²) in [5, 5.41) is 7.56. The van der Waals surface area contributed by atoms with Gasteiger partial charge >= 0.3 is 8.03 Å². The molecular formula is C11H13NO2P+. The van der Waals surface area contributed by atoms with Gasteiger partial charge < -0.3 is 5.41 Å². The van der Waals surface area contributed by atoms with Crippen molar-refractivity contribution in [3.63, 3.8) is 0 Å². The normalized spacial score (nSPS) is 11.7. The van der Waals surface area contributed by atoms with E-state index in [0.29, 0.717) is 5.30 Å². The van der Waals surface area contributed by atoms with Crippen LogP contribution in [-0.2, 0) is 9.09 Å². The van der Waals surface area contributed by atoms with Crippen LogP contribution >= 0.6 is 8.03 Å². The van der Waals surface area contributed by atoms with Crippen molar-refractivity contribution in [3.8, 4) is 0 Å². The number of allylic oxidation sites excluding steroid dienone is 1. The number of rotatable bonds is 4. The second-order valence-corrected chi connectivity index (χ2v) is 4.46. The third-order valence-corrected chi connectivity index (χ3v) is 2.86. The van der Waals surface area contributed by atoms with Crippen LogP contribution in [0.3, 0.4) is 0 Å². The first kappa shape index (κ1) is 11.8. The first-order valence-electron chi connectivity index (χ1n) is 4.47. The monoisotopic (exact) mass is 222 g/mol. The molecule has 0 saturated carbocycles. The van der Waals surface area contributed by atoms with Crippen LogP contribution < -0.4 is 5.30 Å². The summed E-state index contributed by atoms with van der Waals surface area (Å²) < 4.78 is 16.2. The Morgan fingerprint density at radius 2 is 2.13 bits per heavy atom. The summed E-state index contributed by atoms with van der Waals surface area (Å²) in [6.45, 7) is 1.93. The van der Waals surface area contributed by atoms with Gasteiger partial charge in [0.05, 0.1) is 7.11 Å². The van der Waals surface area contributed by atoms with Gasteiger partial charge in [0, 0.05) is 12.3 Å². The molecular weight excluding hydrogens is 209 g/mol. The highest BCUT2D eigenvalue weighted by atomic mass is 31.1. The molecule has 1 unspecified atom stereocenters. The minimum Gasteiger partial charge on any atom is -0.309 e. The maximum atomic E-state index is 11.4. The van der Waals surface area contributed by atoms with Crippen molar-refractivity contribution in [2.24, 2.45) is 0 Å². The Bertz CT molecular complexity index is 413. The molecule has 15 heavy (non-hydrogen) atoms. The molecule has 1 rings (SSSR count). The van der Waals surface area contributed by atoms with E-state index in [0.717, 1.165) is 11.1 Å². The minimum absolute atomic E-state index is 0.678. The summed E-state index contributed by atoms with van der Waals surface area (Å²) in [7, 11) is -0.337. The van der Waals surface area contributed by atoms with E-state index in [1.807, 2.05) is 19.1 Å². The third kappa shape index (κ3) is 3.39. The first-order chi connectivity index (χ1) is 7.17. The van der Waals surface area contributed by atoms with Crippen LogP contribution in [0.25, 0.3) is 6.08 Å². The number of hydrogen-bond donors (Lipinski definition) is 1. The largest absolute Gasteiger partial charge is 0.548 e. The molecule has 0 spiro atoms. The molecule has 3 nitrogen and oxygen atoms in total. The highest BCUT2D eigenvalue weighted by molar-refractivity contribution is 7.48. The molecule has 0 aliphatic rings. The fourth-order valence-corrected chi connectivity index (χ4v) is 2.03. The lowest BCUT2D eigenvalue weighted by Crippen LogP contribution is -1.99. The zero-order chi connectivity index (χ0) is 11.3. The molecule has 0 saturated heterocycles. The molecule has 0 aliphatic carbocycles. The fraction of sp³-hybridized carbons (Fsp3) is 0.182. The highest BCUT2D eigenvalue weighted by Gasteiger charge is 2.20. The summed E-state index contributed by atoms with van der Waals surface area (Å²) in [6.07, 6.45) is 4.62. The van der Waals surface area contributed by atoms with E-state index in [1.54, 1.807) is 18.2 Å². The van der Waals surface area contributed by atoms with Crippen LogP contribution in [-0.4, -0.2) is 13.3 Å². The molecule has 0 fully saturated rings. The molecule has 0 bridgehead atoms. The molecule has 1 N–H and O–H groups in total. The van der Waals surface area contributed by atoms with Gasteiger partial charge in [0.15, 0.2) is 0 Å². The Morgan fingerprint density at radius 3 is 2.73 bits per heavy atom. The fourth-order valence-electron chi connectivity index (χ4n) is 1.26. The van der Waals surface area contributed by atoms with Crippen molar-refractivity contribution in [2.75, 3.05) is 7.11 Å². The molecule has 78 valence electrons. The van der Waals surface area contributed by atoms with E-state index >= 15 is 0 Å². The predicted molar refractivity (Wildman–Crippen MR) is 63.2 cm³/mol. The Kier molecular flexibility index (Phi) is 4.35. The van der Waals surface area contributed by atoms with Crippen LogP contribution in [0.1, 0.15) is 11.1 Å². The van der Waals surface area contributed by atoms with Crippen LogP contribution in [0.5, 0.6) is 0 Å². The van der Waals surface area contributed by atoms with E-state index in [1.165, 1.54) is 13.3 Å². The van der Waals surface area contributed by atoms with Gasteiger partial charge in [-0.1, -0.05) is 12.1 Å². The third-order valence-electron chi connectivity index (χ3n) is 1.85. The highest BCUT2D eigenvalue weighted by Crippen LogP contribution is 2.21. The molecule has 0 aliphatic heterocycles. The zero-order valence-corrected chi connectivity index (χ0v) is 9.62. The number of benzene rings is 1. The van der Waals surface area contributed by atoms with Crippen LogP contribution in [0.15, 0.2) is 24.3 Å². The lowest BCUT2D eigenvalue weighted by molar-refractivity contribution is 0.423. The molecule has 0 radical (unpaired) electrons. The Hall–Kier alpha value is -1.31. The topological polar surface area (TPSA) is 50.2 Å². The maximum Gasteiger partial charge on any atom is 0.548 e. The van der Waals surface area contributed by atoms with Gasteiger partial charge in [-0.25, -0.2) is 0 Å². The smallest absolute Gasteiger partial charge is 0.309 e. The Labute approximate surface area is 90.2 Å². The second-order valence-electron chi connectivity index (χ2n) is 3.07. The molecule has 0 aromatic heterocycles. The lowest BCUT2D eigenvalue weighted by atomic mass is 10.1. The number of nitrogens with one attached hydrogen (secondary N) is 1. The van der Waals surface area contributed by atoms with Crippen molar-refractivity contribution in [1.82, 2.24) is 0 Å². The molecule has 1 atom stereocenters. The second kappa shape index (κ2) is 5.54. The summed E-state index contributed by atoms with van der Waals surface area (Å²) >= 11 is 0. The predicted octanol–water partition coefficient (Wildman–Crippen LogP) is 2.67. The summed E-state index contributed by atoms with van der Waals surface area (Å²) in [5.74, 6) is 0. The Balaban J connectivity index is 3.10. The van der Waals surface area contributed by atoms with Gasteiger partial charge in [0.1, 0.15) is 0 Å².